The van der Waals surface area contributed by atoms with E-state index in [0.717, 1.165) is 23.8 Å². The van der Waals surface area contributed by atoms with Crippen molar-refractivity contribution in [1.29, 1.82) is 0 Å². The molecule has 5 heteroatoms. The van der Waals surface area contributed by atoms with Crippen molar-refractivity contribution in [3.8, 4) is 0 Å². The molecule has 2 aromatic carbocycles. The Kier molecular flexibility index (Phi) is 7.90. The van der Waals surface area contributed by atoms with Crippen LogP contribution in [0.5, 0.6) is 0 Å². The molecule has 2 aromatic rings. The lowest BCUT2D eigenvalue weighted by molar-refractivity contribution is 0.176. The van der Waals surface area contributed by atoms with E-state index in [1.165, 1.54) is 59.9 Å². The largest absolute Gasteiger partial charge is 0.377 e. The zero-order valence-corrected chi connectivity index (χ0v) is 18.6. The zero-order chi connectivity index (χ0) is 20.6. The Labute approximate surface area is 179 Å². The number of benzene rings is 2. The Hall–Kier alpha value is -2.11. The third-order valence-corrected chi connectivity index (χ3v) is 6.27. The zero-order valence-electron chi connectivity index (χ0n) is 17.8. The first-order valence-electron chi connectivity index (χ1n) is 10.4. The first-order chi connectivity index (χ1) is 14.0. The van der Waals surface area contributed by atoms with Crippen LogP contribution < -0.4 is 5.73 Å². The molecule has 1 unspecified atom stereocenters. The summed E-state index contributed by atoms with van der Waals surface area (Å²) in [5.74, 6) is 1.59. The van der Waals surface area contributed by atoms with Crippen molar-refractivity contribution in [3.05, 3.63) is 70.3 Å². The summed E-state index contributed by atoms with van der Waals surface area (Å²) in [7, 11) is 0. The van der Waals surface area contributed by atoms with Crippen LogP contribution in [0, 0.1) is 19.8 Å². The molecule has 0 aromatic heterocycles. The average Bonchev–Trinajstić information content (AvgIpc) is 2.70. The van der Waals surface area contributed by atoms with E-state index in [9.17, 15) is 0 Å². The number of nitrogens with two attached hydrogens (primary N) is 1. The quantitative estimate of drug-likeness (QED) is 0.410. The predicted octanol–water partition coefficient (Wildman–Crippen LogP) is 5.12. The van der Waals surface area contributed by atoms with Gasteiger partial charge in [0, 0.05) is 18.8 Å². The van der Waals surface area contributed by atoms with Gasteiger partial charge in [0.25, 0.3) is 0 Å². The summed E-state index contributed by atoms with van der Waals surface area (Å²) in [6.07, 6.45) is 4.48. The number of rotatable bonds is 6. The van der Waals surface area contributed by atoms with E-state index < -0.39 is 0 Å². The molecule has 1 aliphatic rings. The van der Waals surface area contributed by atoms with Crippen LogP contribution in [0.3, 0.4) is 0 Å². The van der Waals surface area contributed by atoms with Crippen LogP contribution in [-0.2, 0) is 12.3 Å². The van der Waals surface area contributed by atoms with E-state index in [2.05, 4.69) is 60.1 Å². The standard InChI is InChI=1S/C24H32N4S/c1-18-8-7-11-28(15-18)16-23-13-19(2)12-22(20(23)3)14-26-27-24(25)29-17-21-9-5-4-6-10-21/h4-6,9-10,12-14,18H,7-8,11,15-17H2,1-3H3,(H2,25,27). The van der Waals surface area contributed by atoms with Crippen LogP contribution in [-0.4, -0.2) is 29.4 Å². The minimum absolute atomic E-state index is 0.484. The molecule has 29 heavy (non-hydrogen) atoms. The molecular formula is C24H32N4S. The van der Waals surface area contributed by atoms with E-state index in [1.807, 2.05) is 24.4 Å². The molecule has 0 saturated carbocycles. The third-order valence-electron chi connectivity index (χ3n) is 5.42. The lowest BCUT2D eigenvalue weighted by Crippen LogP contribution is -2.34. The fourth-order valence-corrected chi connectivity index (χ4v) is 4.45. The van der Waals surface area contributed by atoms with Gasteiger partial charge in [-0.25, -0.2) is 0 Å². The second-order valence-electron chi connectivity index (χ2n) is 8.08. The molecular weight excluding hydrogens is 376 g/mol. The Balaban J connectivity index is 1.64. The molecule has 3 rings (SSSR count). The van der Waals surface area contributed by atoms with E-state index in [4.69, 9.17) is 5.73 Å². The van der Waals surface area contributed by atoms with Crippen molar-refractivity contribution in [2.45, 2.75) is 45.9 Å². The summed E-state index contributed by atoms with van der Waals surface area (Å²) in [6.45, 7) is 10.1. The average molecular weight is 409 g/mol. The number of aryl methyl sites for hydroxylation is 1. The van der Waals surface area contributed by atoms with Gasteiger partial charge in [-0.05, 0) is 61.4 Å². The number of piperidine rings is 1. The van der Waals surface area contributed by atoms with Gasteiger partial charge in [0.15, 0.2) is 5.17 Å². The summed E-state index contributed by atoms with van der Waals surface area (Å²) in [4.78, 5) is 2.58. The number of hydrogen-bond acceptors (Lipinski definition) is 4. The van der Waals surface area contributed by atoms with Gasteiger partial charge >= 0.3 is 0 Å². The Morgan fingerprint density at radius 2 is 2.03 bits per heavy atom. The predicted molar refractivity (Wildman–Crippen MR) is 127 cm³/mol. The maximum atomic E-state index is 6.01. The number of amidine groups is 1. The van der Waals surface area contributed by atoms with Crippen molar-refractivity contribution in [2.24, 2.45) is 21.9 Å². The molecule has 1 aliphatic heterocycles. The van der Waals surface area contributed by atoms with Crippen LogP contribution in [0.2, 0.25) is 0 Å². The van der Waals surface area contributed by atoms with Gasteiger partial charge in [-0.15, -0.1) is 5.10 Å². The van der Waals surface area contributed by atoms with Crippen LogP contribution in [0.4, 0.5) is 0 Å². The van der Waals surface area contributed by atoms with E-state index >= 15 is 0 Å². The lowest BCUT2D eigenvalue weighted by Gasteiger charge is -2.31. The third kappa shape index (κ3) is 6.72. The van der Waals surface area contributed by atoms with Crippen molar-refractivity contribution < 1.29 is 0 Å². The van der Waals surface area contributed by atoms with Gasteiger partial charge in [0.05, 0.1) is 6.21 Å². The molecule has 0 spiro atoms. The molecule has 1 heterocycles. The second-order valence-corrected chi connectivity index (χ2v) is 9.07. The Bertz CT molecular complexity index is 861. The molecule has 2 N–H and O–H groups in total. The molecule has 154 valence electrons. The van der Waals surface area contributed by atoms with Crippen LogP contribution in [0.1, 0.15) is 47.6 Å². The number of hydrogen-bond donors (Lipinski definition) is 1. The highest BCUT2D eigenvalue weighted by Crippen LogP contribution is 2.22. The highest BCUT2D eigenvalue weighted by molar-refractivity contribution is 8.13. The maximum absolute atomic E-state index is 6.01. The van der Waals surface area contributed by atoms with Gasteiger partial charge in [0.1, 0.15) is 0 Å². The van der Waals surface area contributed by atoms with Crippen molar-refractivity contribution in [2.75, 3.05) is 13.1 Å². The van der Waals surface area contributed by atoms with Crippen molar-refractivity contribution >= 4 is 23.1 Å². The van der Waals surface area contributed by atoms with Crippen molar-refractivity contribution in [3.63, 3.8) is 0 Å². The molecule has 4 nitrogen and oxygen atoms in total. The van der Waals surface area contributed by atoms with E-state index in [1.54, 1.807) is 0 Å². The van der Waals surface area contributed by atoms with Gasteiger partial charge in [-0.1, -0.05) is 66.7 Å². The summed E-state index contributed by atoms with van der Waals surface area (Å²) in [6, 6.07) is 14.7. The van der Waals surface area contributed by atoms with Crippen molar-refractivity contribution in [1.82, 2.24) is 4.90 Å². The van der Waals surface area contributed by atoms with Gasteiger partial charge in [0.2, 0.25) is 0 Å². The minimum atomic E-state index is 0.484. The number of likely N-dealkylation sites (tertiary alicyclic amines) is 1. The molecule has 0 amide bonds. The molecule has 0 aliphatic carbocycles. The molecule has 0 radical (unpaired) electrons. The highest BCUT2D eigenvalue weighted by Gasteiger charge is 2.17. The monoisotopic (exact) mass is 408 g/mol. The molecule has 1 saturated heterocycles. The fourth-order valence-electron chi connectivity index (χ4n) is 3.84. The van der Waals surface area contributed by atoms with Gasteiger partial charge < -0.3 is 5.73 Å². The van der Waals surface area contributed by atoms with Gasteiger partial charge in [-0.3, -0.25) is 4.90 Å². The summed E-state index contributed by atoms with van der Waals surface area (Å²) >= 11 is 1.51. The van der Waals surface area contributed by atoms with Crippen LogP contribution in [0.15, 0.2) is 52.7 Å². The van der Waals surface area contributed by atoms with Crippen LogP contribution in [0.25, 0.3) is 0 Å². The number of nitrogens with zero attached hydrogens (tertiary/aromatic N) is 3. The summed E-state index contributed by atoms with van der Waals surface area (Å²) < 4.78 is 0. The Morgan fingerprint density at radius 1 is 1.24 bits per heavy atom. The normalized spacial score (nSPS) is 18.4. The van der Waals surface area contributed by atoms with Crippen LogP contribution >= 0.6 is 11.8 Å². The maximum Gasteiger partial charge on any atom is 0.180 e. The Morgan fingerprint density at radius 3 is 2.79 bits per heavy atom. The topological polar surface area (TPSA) is 54.0 Å². The smallest absolute Gasteiger partial charge is 0.180 e. The van der Waals surface area contributed by atoms with E-state index in [-0.39, 0.29) is 0 Å². The fraction of sp³-hybridized carbons (Fsp3) is 0.417. The second kappa shape index (κ2) is 10.6. The SMILES string of the molecule is Cc1cc(C=NN=C(N)SCc2ccccc2)c(C)c(CN2CCCC(C)C2)c1. The highest BCUT2D eigenvalue weighted by atomic mass is 32.2. The summed E-state index contributed by atoms with van der Waals surface area (Å²) in [5, 5.41) is 8.92. The van der Waals surface area contributed by atoms with E-state index in [0.29, 0.717) is 5.17 Å². The molecule has 0 bridgehead atoms. The first kappa shape index (κ1) is 21.6. The number of thioether (sulfide) groups is 1. The molecule has 1 fully saturated rings. The minimum Gasteiger partial charge on any atom is -0.377 e. The first-order valence-corrected chi connectivity index (χ1v) is 11.4. The molecule has 1 atom stereocenters. The van der Waals surface area contributed by atoms with Gasteiger partial charge in [-0.2, -0.15) is 5.10 Å². The summed E-state index contributed by atoms with van der Waals surface area (Å²) in [5.41, 5.74) is 12.3. The lowest BCUT2D eigenvalue weighted by atomic mass is 9.96.